The lowest BCUT2D eigenvalue weighted by molar-refractivity contribution is -0.118. The first-order chi connectivity index (χ1) is 13.5. The fourth-order valence-corrected chi connectivity index (χ4v) is 4.81. The number of carbonyl (C=O) groups is 1. The summed E-state index contributed by atoms with van der Waals surface area (Å²) in [4.78, 5) is 14.5. The number of aryl methyl sites for hydroxylation is 1. The molecule has 0 saturated carbocycles. The molecule has 0 aliphatic carbocycles. The van der Waals surface area contributed by atoms with Gasteiger partial charge in [-0.1, -0.05) is 48.5 Å². The summed E-state index contributed by atoms with van der Waals surface area (Å²) in [6, 6.07) is 17.8. The monoisotopic (exact) mass is 400 g/mol. The van der Waals surface area contributed by atoms with Crippen LogP contribution in [0.4, 0.5) is 5.69 Å². The molecule has 0 unspecified atom stereocenters. The van der Waals surface area contributed by atoms with Gasteiger partial charge >= 0.3 is 0 Å². The molecule has 1 fully saturated rings. The van der Waals surface area contributed by atoms with Gasteiger partial charge in [0.15, 0.2) is 9.84 Å². The SMILES string of the molecule is O=C(CS(=O)(=O)CCCc1ccccc1)NCc1ccccc1N1CCCC1. The number of anilines is 1. The third-order valence-corrected chi connectivity index (χ3v) is 6.64. The molecule has 3 rings (SSSR count). The maximum atomic E-state index is 12.2. The van der Waals surface area contributed by atoms with E-state index in [2.05, 4.69) is 16.3 Å². The van der Waals surface area contributed by atoms with Crippen LogP contribution >= 0.6 is 0 Å². The largest absolute Gasteiger partial charge is 0.371 e. The predicted octanol–water partition coefficient (Wildman–Crippen LogP) is 2.95. The number of sulfone groups is 1. The Balaban J connectivity index is 1.47. The third-order valence-electron chi connectivity index (χ3n) is 5.03. The molecular formula is C22H28N2O3S. The second-order valence-corrected chi connectivity index (χ2v) is 9.46. The lowest BCUT2D eigenvalue weighted by Crippen LogP contribution is -2.31. The van der Waals surface area contributed by atoms with Crippen LogP contribution < -0.4 is 10.2 Å². The van der Waals surface area contributed by atoms with Crippen LogP contribution in [0.5, 0.6) is 0 Å². The summed E-state index contributed by atoms with van der Waals surface area (Å²) in [5, 5.41) is 2.78. The highest BCUT2D eigenvalue weighted by molar-refractivity contribution is 7.92. The molecule has 6 heteroatoms. The zero-order valence-electron chi connectivity index (χ0n) is 16.1. The normalized spacial score (nSPS) is 14.2. The molecule has 2 aromatic rings. The molecule has 0 radical (unpaired) electrons. The van der Waals surface area contributed by atoms with E-state index in [9.17, 15) is 13.2 Å². The Bertz CT molecular complexity index is 876. The van der Waals surface area contributed by atoms with Crippen LogP contribution in [0.1, 0.15) is 30.4 Å². The lowest BCUT2D eigenvalue weighted by Gasteiger charge is -2.21. The van der Waals surface area contributed by atoms with Gasteiger partial charge in [-0.15, -0.1) is 0 Å². The number of carbonyl (C=O) groups excluding carboxylic acids is 1. The van der Waals surface area contributed by atoms with Gasteiger partial charge < -0.3 is 10.2 Å². The highest BCUT2D eigenvalue weighted by Gasteiger charge is 2.18. The molecule has 2 aromatic carbocycles. The van der Waals surface area contributed by atoms with Crippen LogP contribution in [0.3, 0.4) is 0 Å². The number of nitrogens with zero attached hydrogens (tertiary/aromatic N) is 1. The van der Waals surface area contributed by atoms with Crippen molar-refractivity contribution in [2.45, 2.75) is 32.2 Å². The highest BCUT2D eigenvalue weighted by Crippen LogP contribution is 2.24. The first kappa shape index (κ1) is 20.4. The molecule has 1 heterocycles. The van der Waals surface area contributed by atoms with Crippen molar-refractivity contribution in [2.75, 3.05) is 29.5 Å². The van der Waals surface area contributed by atoms with Gasteiger partial charge in [0.1, 0.15) is 5.75 Å². The molecule has 0 bridgehead atoms. The van der Waals surface area contributed by atoms with Crippen molar-refractivity contribution in [3.8, 4) is 0 Å². The minimum Gasteiger partial charge on any atom is -0.371 e. The smallest absolute Gasteiger partial charge is 0.235 e. The molecule has 1 amide bonds. The Labute approximate surface area is 167 Å². The van der Waals surface area contributed by atoms with E-state index >= 15 is 0 Å². The Kier molecular flexibility index (Phi) is 7.09. The first-order valence-electron chi connectivity index (χ1n) is 9.87. The first-order valence-corrected chi connectivity index (χ1v) is 11.7. The summed E-state index contributed by atoms with van der Waals surface area (Å²) >= 11 is 0. The Morgan fingerprint density at radius 1 is 0.964 bits per heavy atom. The van der Waals surface area contributed by atoms with Gasteiger partial charge in [-0.2, -0.15) is 0 Å². The lowest BCUT2D eigenvalue weighted by atomic mass is 10.1. The van der Waals surface area contributed by atoms with Crippen molar-refractivity contribution >= 4 is 21.4 Å². The van der Waals surface area contributed by atoms with E-state index in [1.165, 1.54) is 12.8 Å². The van der Waals surface area contributed by atoms with Crippen LogP contribution in [0, 0.1) is 0 Å². The van der Waals surface area contributed by atoms with Crippen molar-refractivity contribution < 1.29 is 13.2 Å². The molecule has 28 heavy (non-hydrogen) atoms. The van der Waals surface area contributed by atoms with Crippen LogP contribution in [-0.4, -0.2) is 38.9 Å². The zero-order chi connectivity index (χ0) is 19.8. The molecule has 1 saturated heterocycles. The number of rotatable bonds is 9. The van der Waals surface area contributed by atoms with Crippen LogP contribution in [0.15, 0.2) is 54.6 Å². The minimum absolute atomic E-state index is 0.0275. The van der Waals surface area contributed by atoms with Crippen molar-refractivity contribution in [1.82, 2.24) is 5.32 Å². The molecule has 0 atom stereocenters. The van der Waals surface area contributed by atoms with Gasteiger partial charge in [0.2, 0.25) is 5.91 Å². The number of nitrogens with one attached hydrogen (secondary N) is 1. The molecule has 0 spiro atoms. The fourth-order valence-electron chi connectivity index (χ4n) is 3.58. The summed E-state index contributed by atoms with van der Waals surface area (Å²) in [5.41, 5.74) is 3.27. The molecular weight excluding hydrogens is 372 g/mol. The summed E-state index contributed by atoms with van der Waals surface area (Å²) in [5.74, 6) is -0.858. The topological polar surface area (TPSA) is 66.5 Å². The molecule has 0 aromatic heterocycles. The summed E-state index contributed by atoms with van der Waals surface area (Å²) in [7, 11) is -3.40. The number of amides is 1. The van der Waals surface area contributed by atoms with Gasteiger partial charge in [-0.3, -0.25) is 4.79 Å². The molecule has 1 aliphatic rings. The Hall–Kier alpha value is -2.34. The molecule has 1 N–H and O–H groups in total. The third kappa shape index (κ3) is 6.09. The average Bonchev–Trinajstić information content (AvgIpc) is 3.21. The van der Waals surface area contributed by atoms with Crippen molar-refractivity contribution in [3.05, 3.63) is 65.7 Å². The fraction of sp³-hybridized carbons (Fsp3) is 0.409. The second-order valence-electron chi connectivity index (χ2n) is 7.28. The quantitative estimate of drug-likeness (QED) is 0.703. The minimum atomic E-state index is -3.40. The summed E-state index contributed by atoms with van der Waals surface area (Å²) in [6.07, 6.45) is 3.59. The maximum absolute atomic E-state index is 12.2. The Morgan fingerprint density at radius 3 is 2.39 bits per heavy atom. The molecule has 150 valence electrons. The van der Waals surface area contributed by atoms with Crippen LogP contribution in [-0.2, 0) is 27.6 Å². The number of hydrogen-bond donors (Lipinski definition) is 1. The number of para-hydroxylation sites is 1. The van der Waals surface area contributed by atoms with Crippen LogP contribution in [0.2, 0.25) is 0 Å². The number of benzene rings is 2. The van der Waals surface area contributed by atoms with Crippen molar-refractivity contribution in [3.63, 3.8) is 0 Å². The van der Waals surface area contributed by atoms with Gasteiger partial charge in [0.05, 0.1) is 5.75 Å². The van der Waals surface area contributed by atoms with Gasteiger partial charge in [0.25, 0.3) is 0 Å². The van der Waals surface area contributed by atoms with E-state index in [1.54, 1.807) is 0 Å². The van der Waals surface area contributed by atoms with Gasteiger partial charge in [0, 0.05) is 25.3 Å². The van der Waals surface area contributed by atoms with Crippen molar-refractivity contribution in [2.24, 2.45) is 0 Å². The second kappa shape index (κ2) is 9.73. The van der Waals surface area contributed by atoms with Crippen molar-refractivity contribution in [1.29, 1.82) is 0 Å². The Morgan fingerprint density at radius 2 is 1.64 bits per heavy atom. The van der Waals surface area contributed by atoms with Crippen LogP contribution in [0.25, 0.3) is 0 Å². The number of hydrogen-bond acceptors (Lipinski definition) is 4. The zero-order valence-corrected chi connectivity index (χ0v) is 17.0. The van der Waals surface area contributed by atoms with E-state index in [4.69, 9.17) is 0 Å². The van der Waals surface area contributed by atoms with E-state index < -0.39 is 21.5 Å². The molecule has 1 aliphatic heterocycles. The highest BCUT2D eigenvalue weighted by atomic mass is 32.2. The summed E-state index contributed by atoms with van der Waals surface area (Å²) < 4.78 is 24.5. The van der Waals surface area contributed by atoms with E-state index in [1.807, 2.05) is 48.5 Å². The summed E-state index contributed by atoms with van der Waals surface area (Å²) in [6.45, 7) is 2.41. The molecule has 5 nitrogen and oxygen atoms in total. The maximum Gasteiger partial charge on any atom is 0.235 e. The average molecular weight is 401 g/mol. The van der Waals surface area contributed by atoms with Gasteiger partial charge in [-0.05, 0) is 42.9 Å². The predicted molar refractivity (Wildman–Crippen MR) is 113 cm³/mol. The van der Waals surface area contributed by atoms with E-state index in [0.29, 0.717) is 19.4 Å². The van der Waals surface area contributed by atoms with Gasteiger partial charge in [-0.25, -0.2) is 8.42 Å². The standard InChI is InChI=1S/C22H28N2O3S/c25-22(18-28(26,27)16-8-11-19-9-2-1-3-10-19)23-17-20-12-4-5-13-21(20)24-14-6-7-15-24/h1-5,9-10,12-13H,6-8,11,14-18H2,(H,23,25). The van der Waals surface area contributed by atoms with E-state index in [-0.39, 0.29) is 5.75 Å². The van der Waals surface area contributed by atoms with E-state index in [0.717, 1.165) is 29.9 Å².